The van der Waals surface area contributed by atoms with Crippen LogP contribution in [0, 0.1) is 17.2 Å². The van der Waals surface area contributed by atoms with Crippen LogP contribution in [0.3, 0.4) is 0 Å². The highest BCUT2D eigenvalue weighted by molar-refractivity contribution is 7.98. The van der Waals surface area contributed by atoms with Gasteiger partial charge in [0.2, 0.25) is 0 Å². The van der Waals surface area contributed by atoms with Gasteiger partial charge >= 0.3 is 5.97 Å². The smallest absolute Gasteiger partial charge is 0.303 e. The van der Waals surface area contributed by atoms with Gasteiger partial charge in [-0.05, 0) is 18.4 Å². The number of carboxylic acid groups (broad SMARTS) is 1. The molecular weight excluding hydrogens is 248 g/mol. The molecule has 1 saturated heterocycles. The van der Waals surface area contributed by atoms with E-state index in [1.807, 2.05) is 24.5 Å². The first-order chi connectivity index (χ1) is 8.65. The zero-order valence-corrected chi connectivity index (χ0v) is 10.9. The summed E-state index contributed by atoms with van der Waals surface area (Å²) < 4.78 is 0. The fourth-order valence-electron chi connectivity index (χ4n) is 2.21. The molecule has 0 aliphatic carbocycles. The van der Waals surface area contributed by atoms with Crippen LogP contribution in [0.15, 0.2) is 23.1 Å². The topological polar surface area (TPSA) is 64.3 Å². The van der Waals surface area contributed by atoms with Gasteiger partial charge in [0, 0.05) is 23.9 Å². The van der Waals surface area contributed by atoms with Crippen molar-refractivity contribution in [3.63, 3.8) is 0 Å². The van der Waals surface area contributed by atoms with Gasteiger partial charge in [0.05, 0.1) is 17.7 Å². The maximum absolute atomic E-state index is 10.6. The van der Waals surface area contributed by atoms with E-state index in [-0.39, 0.29) is 12.3 Å². The van der Waals surface area contributed by atoms with Crippen LogP contribution >= 0.6 is 11.8 Å². The van der Waals surface area contributed by atoms with Crippen LogP contribution in [-0.4, -0.2) is 30.4 Å². The monoisotopic (exact) mass is 262 g/mol. The molecule has 1 aliphatic heterocycles. The van der Waals surface area contributed by atoms with Gasteiger partial charge < -0.3 is 10.0 Å². The van der Waals surface area contributed by atoms with E-state index in [1.165, 1.54) is 0 Å². The fourth-order valence-corrected chi connectivity index (χ4v) is 2.78. The van der Waals surface area contributed by atoms with Crippen LogP contribution in [0.5, 0.6) is 0 Å². The van der Waals surface area contributed by atoms with Gasteiger partial charge in [0.15, 0.2) is 0 Å². The van der Waals surface area contributed by atoms with Gasteiger partial charge in [-0.2, -0.15) is 5.26 Å². The number of hydrogen-bond donors (Lipinski definition) is 1. The second kappa shape index (κ2) is 5.32. The Kier molecular flexibility index (Phi) is 3.78. The van der Waals surface area contributed by atoms with E-state index in [0.717, 1.165) is 23.7 Å². The number of nitriles is 1. The lowest BCUT2D eigenvalue weighted by Gasteiger charge is -2.41. The van der Waals surface area contributed by atoms with E-state index >= 15 is 0 Å². The predicted molar refractivity (Wildman–Crippen MR) is 70.9 cm³/mol. The van der Waals surface area contributed by atoms with Crippen molar-refractivity contribution in [2.45, 2.75) is 11.3 Å². The summed E-state index contributed by atoms with van der Waals surface area (Å²) >= 11 is 1.55. The second-order valence-electron chi connectivity index (χ2n) is 4.34. The van der Waals surface area contributed by atoms with Crippen LogP contribution in [0.4, 0.5) is 5.69 Å². The summed E-state index contributed by atoms with van der Waals surface area (Å²) in [5.74, 6) is -0.551. The summed E-state index contributed by atoms with van der Waals surface area (Å²) in [5.41, 5.74) is 1.62. The molecule has 1 heterocycles. The van der Waals surface area contributed by atoms with Crippen molar-refractivity contribution in [1.82, 2.24) is 0 Å². The number of carboxylic acids is 1. The number of hydrogen-bond acceptors (Lipinski definition) is 4. The van der Waals surface area contributed by atoms with Crippen molar-refractivity contribution in [3.8, 4) is 6.07 Å². The van der Waals surface area contributed by atoms with Gasteiger partial charge in [0.25, 0.3) is 0 Å². The summed E-state index contributed by atoms with van der Waals surface area (Å²) in [5, 5.41) is 17.9. The molecule has 0 spiro atoms. The molecule has 0 radical (unpaired) electrons. The third-order valence-corrected chi connectivity index (χ3v) is 3.88. The average molecular weight is 262 g/mol. The first kappa shape index (κ1) is 12.8. The first-order valence-corrected chi connectivity index (χ1v) is 6.92. The number of carbonyl (C=O) groups is 1. The number of nitrogens with zero attached hydrogens (tertiary/aromatic N) is 2. The van der Waals surface area contributed by atoms with Crippen LogP contribution in [0.25, 0.3) is 0 Å². The lowest BCUT2D eigenvalue weighted by atomic mass is 9.95. The predicted octanol–water partition coefficient (Wildman–Crippen LogP) is 2.19. The third-order valence-electron chi connectivity index (χ3n) is 3.10. The van der Waals surface area contributed by atoms with Gasteiger partial charge in [-0.25, -0.2) is 0 Å². The minimum Gasteiger partial charge on any atom is -0.481 e. The van der Waals surface area contributed by atoms with Gasteiger partial charge in [-0.3, -0.25) is 4.79 Å². The number of thioether (sulfide) groups is 1. The minimum atomic E-state index is -0.752. The molecule has 1 fully saturated rings. The standard InChI is InChI=1S/C13H14N2O2S/c1-18-12-4-2-3-11(10(12)6-14)15-7-9(8-15)5-13(16)17/h2-4,9H,5,7-8H2,1H3,(H,16,17). The minimum absolute atomic E-state index is 0.201. The van der Waals surface area contributed by atoms with Crippen molar-refractivity contribution in [1.29, 1.82) is 5.26 Å². The largest absolute Gasteiger partial charge is 0.481 e. The Balaban J connectivity index is 2.12. The molecule has 1 aliphatic rings. The van der Waals surface area contributed by atoms with E-state index in [9.17, 15) is 10.1 Å². The third kappa shape index (κ3) is 2.44. The zero-order valence-electron chi connectivity index (χ0n) is 10.1. The lowest BCUT2D eigenvalue weighted by Crippen LogP contribution is -2.47. The molecule has 0 bridgehead atoms. The van der Waals surface area contributed by atoms with Crippen molar-refractivity contribution in [2.75, 3.05) is 24.2 Å². The molecule has 4 nitrogen and oxygen atoms in total. The molecule has 0 atom stereocenters. The maximum Gasteiger partial charge on any atom is 0.303 e. The van der Waals surface area contributed by atoms with Crippen molar-refractivity contribution in [3.05, 3.63) is 23.8 Å². The maximum atomic E-state index is 10.6. The van der Waals surface area contributed by atoms with Crippen molar-refractivity contribution < 1.29 is 9.90 Å². The molecule has 1 aromatic rings. The van der Waals surface area contributed by atoms with Crippen molar-refractivity contribution >= 4 is 23.4 Å². The number of rotatable bonds is 4. The second-order valence-corrected chi connectivity index (χ2v) is 5.18. The Bertz CT molecular complexity index is 504. The molecule has 0 amide bonds. The van der Waals surface area contributed by atoms with Gasteiger partial charge in [-0.1, -0.05) is 6.07 Å². The summed E-state index contributed by atoms with van der Waals surface area (Å²) in [6.45, 7) is 1.44. The number of benzene rings is 1. The van der Waals surface area contributed by atoms with E-state index < -0.39 is 5.97 Å². The van der Waals surface area contributed by atoms with Crippen LogP contribution in [0.1, 0.15) is 12.0 Å². The molecule has 0 aromatic heterocycles. The molecule has 1 N–H and O–H groups in total. The summed E-state index contributed by atoms with van der Waals surface area (Å²) in [4.78, 5) is 13.6. The molecule has 94 valence electrons. The van der Waals surface area contributed by atoms with E-state index in [1.54, 1.807) is 11.8 Å². The Hall–Kier alpha value is -1.67. The molecule has 0 unspecified atom stereocenters. The Morgan fingerprint density at radius 1 is 1.61 bits per heavy atom. The molecule has 1 aromatic carbocycles. The first-order valence-electron chi connectivity index (χ1n) is 5.69. The average Bonchev–Trinajstić information content (AvgIpc) is 2.31. The van der Waals surface area contributed by atoms with Crippen LogP contribution in [0.2, 0.25) is 0 Å². The van der Waals surface area contributed by atoms with Crippen molar-refractivity contribution in [2.24, 2.45) is 5.92 Å². The van der Waals surface area contributed by atoms with E-state index in [4.69, 9.17) is 5.11 Å². The molecular formula is C13H14N2O2S. The molecule has 5 heteroatoms. The SMILES string of the molecule is CSc1cccc(N2CC(CC(=O)O)C2)c1C#N. The summed E-state index contributed by atoms with van der Waals surface area (Å²) in [6, 6.07) is 8.04. The number of anilines is 1. The molecule has 2 rings (SSSR count). The van der Waals surface area contributed by atoms with Crippen LogP contribution < -0.4 is 4.90 Å². The summed E-state index contributed by atoms with van der Waals surface area (Å²) in [7, 11) is 0. The summed E-state index contributed by atoms with van der Waals surface area (Å²) in [6.07, 6.45) is 2.16. The van der Waals surface area contributed by atoms with E-state index in [2.05, 4.69) is 11.0 Å². The van der Waals surface area contributed by atoms with Gasteiger partial charge in [0.1, 0.15) is 6.07 Å². The highest BCUT2D eigenvalue weighted by Gasteiger charge is 2.30. The lowest BCUT2D eigenvalue weighted by molar-refractivity contribution is -0.138. The van der Waals surface area contributed by atoms with Gasteiger partial charge in [-0.15, -0.1) is 11.8 Å². The Morgan fingerprint density at radius 3 is 2.89 bits per heavy atom. The Morgan fingerprint density at radius 2 is 2.33 bits per heavy atom. The number of aliphatic carboxylic acids is 1. The zero-order chi connectivity index (χ0) is 13.1. The fraction of sp³-hybridized carbons (Fsp3) is 0.385. The molecule has 0 saturated carbocycles. The normalized spacial score (nSPS) is 15.0. The molecule has 18 heavy (non-hydrogen) atoms. The Labute approximate surface area is 110 Å². The highest BCUT2D eigenvalue weighted by atomic mass is 32.2. The van der Waals surface area contributed by atoms with Crippen LogP contribution in [-0.2, 0) is 4.79 Å². The quantitative estimate of drug-likeness (QED) is 0.843. The van der Waals surface area contributed by atoms with E-state index in [0.29, 0.717) is 5.56 Å². The highest BCUT2D eigenvalue weighted by Crippen LogP contribution is 2.33.